The molecule has 2 aromatic rings. The smallest absolute Gasteiger partial charge is 0.242 e. The van der Waals surface area contributed by atoms with Crippen LogP contribution in [0.15, 0.2) is 35.7 Å². The molecule has 128 valence electrons. The van der Waals surface area contributed by atoms with E-state index in [1.54, 1.807) is 23.3 Å². The van der Waals surface area contributed by atoms with Crippen LogP contribution in [0, 0.1) is 5.82 Å². The molecular formula is C17H20FN3O2S. The lowest BCUT2D eigenvalue weighted by molar-refractivity contribution is -0.129. The number of benzene rings is 1. The van der Waals surface area contributed by atoms with Gasteiger partial charge in [-0.3, -0.25) is 9.59 Å². The van der Waals surface area contributed by atoms with Crippen molar-refractivity contribution in [2.24, 2.45) is 0 Å². The Bertz CT molecular complexity index is 719. The Morgan fingerprint density at radius 2 is 2.08 bits per heavy atom. The van der Waals surface area contributed by atoms with E-state index in [9.17, 15) is 14.0 Å². The minimum absolute atomic E-state index is 0.0351. The largest absolute Gasteiger partial charge is 0.374 e. The fourth-order valence-corrected chi connectivity index (χ4v) is 3.00. The molecule has 1 atom stereocenters. The van der Waals surface area contributed by atoms with E-state index in [-0.39, 0.29) is 30.1 Å². The van der Waals surface area contributed by atoms with Gasteiger partial charge in [-0.1, -0.05) is 6.07 Å². The number of carbonyl (C=O) groups excluding carboxylic acids is 2. The molecule has 0 bridgehead atoms. The normalized spacial score (nSPS) is 11.7. The molecule has 0 aliphatic rings. The van der Waals surface area contributed by atoms with Crippen LogP contribution in [0.3, 0.4) is 0 Å². The first-order valence-electron chi connectivity index (χ1n) is 7.48. The molecule has 1 heterocycles. The van der Waals surface area contributed by atoms with Crippen LogP contribution >= 0.6 is 11.3 Å². The van der Waals surface area contributed by atoms with Gasteiger partial charge in [0.05, 0.1) is 18.3 Å². The maximum Gasteiger partial charge on any atom is 0.242 e. The fourth-order valence-electron chi connectivity index (χ4n) is 2.17. The monoisotopic (exact) mass is 349 g/mol. The Morgan fingerprint density at radius 1 is 1.33 bits per heavy atom. The highest BCUT2D eigenvalue weighted by Gasteiger charge is 2.18. The Hall–Kier alpha value is -2.41. The average Bonchev–Trinajstić information content (AvgIpc) is 3.07. The quantitative estimate of drug-likeness (QED) is 0.839. The summed E-state index contributed by atoms with van der Waals surface area (Å²) in [6.45, 7) is 3.29. The second-order valence-electron chi connectivity index (χ2n) is 5.43. The van der Waals surface area contributed by atoms with Crippen molar-refractivity contribution in [3.05, 3.63) is 46.4 Å². The number of hydrogen-bond acceptors (Lipinski definition) is 4. The van der Waals surface area contributed by atoms with E-state index in [0.29, 0.717) is 5.69 Å². The van der Waals surface area contributed by atoms with Crippen LogP contribution in [-0.2, 0) is 9.59 Å². The van der Waals surface area contributed by atoms with Gasteiger partial charge in [-0.2, -0.15) is 0 Å². The van der Waals surface area contributed by atoms with Gasteiger partial charge in [-0.15, -0.1) is 11.3 Å². The van der Waals surface area contributed by atoms with E-state index < -0.39 is 5.82 Å². The van der Waals surface area contributed by atoms with E-state index in [2.05, 4.69) is 10.6 Å². The van der Waals surface area contributed by atoms with Crippen molar-refractivity contribution in [3.63, 3.8) is 0 Å². The SMILES string of the molecule is CC(=O)Nc1ccc(F)c(NCC(=O)N(C)[C@@H](C)c2cccs2)c1. The molecule has 5 nitrogen and oxygen atoms in total. The number of hydrogen-bond donors (Lipinski definition) is 2. The van der Waals surface area contributed by atoms with Gasteiger partial charge in [0.15, 0.2) is 0 Å². The lowest BCUT2D eigenvalue weighted by Gasteiger charge is -2.24. The summed E-state index contributed by atoms with van der Waals surface area (Å²) in [5.41, 5.74) is 0.644. The summed E-state index contributed by atoms with van der Waals surface area (Å²) in [4.78, 5) is 26.1. The summed E-state index contributed by atoms with van der Waals surface area (Å²) in [5.74, 6) is -0.876. The molecule has 0 saturated carbocycles. The van der Waals surface area contributed by atoms with Gasteiger partial charge in [0.1, 0.15) is 5.82 Å². The van der Waals surface area contributed by atoms with E-state index in [0.717, 1.165) is 4.88 Å². The van der Waals surface area contributed by atoms with Gasteiger partial charge in [-0.25, -0.2) is 4.39 Å². The maximum atomic E-state index is 13.8. The second-order valence-corrected chi connectivity index (χ2v) is 6.40. The van der Waals surface area contributed by atoms with Crippen LogP contribution in [0.25, 0.3) is 0 Å². The Kier molecular flexibility index (Phi) is 5.92. The van der Waals surface area contributed by atoms with Crippen molar-refractivity contribution in [2.75, 3.05) is 24.2 Å². The summed E-state index contributed by atoms with van der Waals surface area (Å²) in [7, 11) is 1.72. The van der Waals surface area contributed by atoms with Gasteiger partial charge in [0, 0.05) is 24.5 Å². The number of carbonyl (C=O) groups is 2. The number of halogens is 1. The van der Waals surface area contributed by atoms with Crippen molar-refractivity contribution in [1.29, 1.82) is 0 Å². The number of thiophene rings is 1. The van der Waals surface area contributed by atoms with Crippen LogP contribution in [0.4, 0.5) is 15.8 Å². The number of rotatable bonds is 6. The van der Waals surface area contributed by atoms with E-state index in [1.165, 1.54) is 25.1 Å². The molecule has 0 aliphatic heterocycles. The molecule has 0 unspecified atom stereocenters. The van der Waals surface area contributed by atoms with E-state index in [1.807, 2.05) is 24.4 Å². The van der Waals surface area contributed by atoms with Gasteiger partial charge in [0.25, 0.3) is 0 Å². The van der Waals surface area contributed by atoms with Crippen molar-refractivity contribution >= 4 is 34.5 Å². The molecule has 7 heteroatoms. The first kappa shape index (κ1) is 17.9. The van der Waals surface area contributed by atoms with Crippen LogP contribution in [0.2, 0.25) is 0 Å². The minimum atomic E-state index is -0.481. The lowest BCUT2D eigenvalue weighted by Crippen LogP contribution is -2.34. The Morgan fingerprint density at radius 3 is 2.71 bits per heavy atom. The van der Waals surface area contributed by atoms with Crippen LogP contribution in [0.5, 0.6) is 0 Å². The lowest BCUT2D eigenvalue weighted by atomic mass is 10.2. The average molecular weight is 349 g/mol. The first-order valence-corrected chi connectivity index (χ1v) is 8.36. The van der Waals surface area contributed by atoms with Crippen molar-refractivity contribution < 1.29 is 14.0 Å². The highest BCUT2D eigenvalue weighted by Crippen LogP contribution is 2.24. The number of anilines is 2. The molecule has 1 aromatic heterocycles. The van der Waals surface area contributed by atoms with Crippen molar-refractivity contribution in [3.8, 4) is 0 Å². The molecule has 2 N–H and O–H groups in total. The van der Waals surface area contributed by atoms with Crippen LogP contribution < -0.4 is 10.6 Å². The minimum Gasteiger partial charge on any atom is -0.374 e. The summed E-state index contributed by atoms with van der Waals surface area (Å²) in [6, 6.07) is 8.05. The summed E-state index contributed by atoms with van der Waals surface area (Å²) in [6.07, 6.45) is 0. The highest BCUT2D eigenvalue weighted by atomic mass is 32.1. The Labute approximate surface area is 144 Å². The third-order valence-electron chi connectivity index (χ3n) is 3.65. The standard InChI is InChI=1S/C17H20FN3O2S/c1-11(16-5-4-8-24-16)21(3)17(23)10-19-15-9-13(20-12(2)22)6-7-14(15)18/h4-9,11,19H,10H2,1-3H3,(H,20,22)/t11-/m0/s1. The summed E-state index contributed by atoms with van der Waals surface area (Å²) in [5, 5.41) is 7.34. The van der Waals surface area contributed by atoms with Gasteiger partial charge in [-0.05, 0) is 36.6 Å². The third-order valence-corrected chi connectivity index (χ3v) is 4.69. The van der Waals surface area contributed by atoms with Crippen molar-refractivity contribution in [1.82, 2.24) is 4.90 Å². The number of likely N-dealkylation sites (N-methyl/N-ethyl adjacent to an activating group) is 1. The summed E-state index contributed by atoms with van der Waals surface area (Å²) >= 11 is 1.59. The summed E-state index contributed by atoms with van der Waals surface area (Å²) < 4.78 is 13.8. The zero-order valence-electron chi connectivity index (χ0n) is 13.8. The topological polar surface area (TPSA) is 61.4 Å². The molecule has 2 amide bonds. The molecular weight excluding hydrogens is 329 g/mol. The molecule has 1 aromatic carbocycles. The van der Waals surface area contributed by atoms with E-state index in [4.69, 9.17) is 0 Å². The Balaban J connectivity index is 1.99. The van der Waals surface area contributed by atoms with Gasteiger partial charge in [0.2, 0.25) is 11.8 Å². The zero-order valence-corrected chi connectivity index (χ0v) is 14.6. The zero-order chi connectivity index (χ0) is 17.7. The van der Waals surface area contributed by atoms with Gasteiger partial charge < -0.3 is 15.5 Å². The van der Waals surface area contributed by atoms with Gasteiger partial charge >= 0.3 is 0 Å². The second kappa shape index (κ2) is 7.92. The molecule has 0 saturated heterocycles. The van der Waals surface area contributed by atoms with E-state index >= 15 is 0 Å². The predicted molar refractivity (Wildman–Crippen MR) is 94.7 cm³/mol. The molecule has 0 radical (unpaired) electrons. The maximum absolute atomic E-state index is 13.8. The fraction of sp³-hybridized carbons (Fsp3) is 0.294. The highest BCUT2D eigenvalue weighted by molar-refractivity contribution is 7.10. The first-order chi connectivity index (χ1) is 11.4. The molecule has 0 fully saturated rings. The molecule has 0 spiro atoms. The molecule has 24 heavy (non-hydrogen) atoms. The predicted octanol–water partition coefficient (Wildman–Crippen LogP) is 3.48. The van der Waals surface area contributed by atoms with Crippen molar-refractivity contribution in [2.45, 2.75) is 19.9 Å². The molecule has 0 aliphatic carbocycles. The third kappa shape index (κ3) is 4.55. The number of nitrogens with zero attached hydrogens (tertiary/aromatic N) is 1. The molecule has 2 rings (SSSR count). The van der Waals surface area contributed by atoms with Crippen LogP contribution in [0.1, 0.15) is 24.8 Å². The number of amides is 2. The number of nitrogens with one attached hydrogen (secondary N) is 2. The van der Waals surface area contributed by atoms with Crippen LogP contribution in [-0.4, -0.2) is 30.3 Å².